The van der Waals surface area contributed by atoms with E-state index in [1.807, 2.05) is 0 Å². The summed E-state index contributed by atoms with van der Waals surface area (Å²) in [6, 6.07) is 8.36. The summed E-state index contributed by atoms with van der Waals surface area (Å²) in [4.78, 5) is -0.672. The third kappa shape index (κ3) is 3.34. The first-order chi connectivity index (χ1) is 9.81. The topological polar surface area (TPSA) is 72.2 Å². The average molecular weight is 328 g/mol. The number of rotatable bonds is 4. The Morgan fingerprint density at radius 1 is 1.14 bits per heavy atom. The van der Waals surface area contributed by atoms with Gasteiger partial charge in [-0.25, -0.2) is 17.2 Å². The third-order valence-electron chi connectivity index (χ3n) is 2.62. The Hall–Kier alpha value is -2.06. The van der Waals surface area contributed by atoms with Gasteiger partial charge in [0, 0.05) is 11.6 Å². The molecule has 0 aliphatic heterocycles. The van der Waals surface area contributed by atoms with Crippen LogP contribution in [0.5, 0.6) is 0 Å². The fourth-order valence-corrected chi connectivity index (χ4v) is 3.00. The molecule has 2 rings (SSSR count). The molecule has 0 heterocycles. The van der Waals surface area contributed by atoms with Crippen LogP contribution in [0.2, 0.25) is 0 Å². The van der Waals surface area contributed by atoms with Crippen molar-refractivity contribution in [1.29, 1.82) is 0 Å². The van der Waals surface area contributed by atoms with E-state index in [0.717, 1.165) is 12.1 Å². The second-order valence-corrected chi connectivity index (χ2v) is 6.18. The molecule has 0 fully saturated rings. The van der Waals surface area contributed by atoms with E-state index in [1.54, 1.807) is 12.1 Å². The van der Waals surface area contributed by atoms with Crippen molar-refractivity contribution in [3.05, 3.63) is 59.7 Å². The molecule has 0 bridgehead atoms. The highest BCUT2D eigenvalue weighted by molar-refractivity contribution is 7.92. The lowest BCUT2D eigenvalue weighted by Crippen LogP contribution is -2.19. The van der Waals surface area contributed by atoms with Crippen molar-refractivity contribution < 1.29 is 17.2 Å². The van der Waals surface area contributed by atoms with Crippen molar-refractivity contribution in [2.45, 2.75) is 4.90 Å². The number of hydrogen-bond donors (Lipinski definition) is 2. The van der Waals surface area contributed by atoms with Crippen LogP contribution in [0.15, 0.2) is 47.4 Å². The maximum atomic E-state index is 13.6. The number of hydrogen-bond acceptors (Lipinski definition) is 3. The van der Waals surface area contributed by atoms with Crippen LogP contribution in [0.4, 0.5) is 14.5 Å². The number of sulfonamides is 1. The smallest absolute Gasteiger partial charge is 0.264 e. The fourth-order valence-electron chi connectivity index (χ4n) is 1.68. The van der Waals surface area contributed by atoms with Crippen molar-refractivity contribution in [1.82, 2.24) is 0 Å². The SMILES string of the molecule is NC(=S)c1ccccc1NS(=O)(=O)c1ccc(F)cc1F. The molecule has 0 radical (unpaired) electrons. The molecule has 0 spiro atoms. The first-order valence-electron chi connectivity index (χ1n) is 5.68. The van der Waals surface area contributed by atoms with Crippen LogP contribution in [0.3, 0.4) is 0 Å². The summed E-state index contributed by atoms with van der Waals surface area (Å²) in [5, 5.41) is 0. The fraction of sp³-hybridized carbons (Fsp3) is 0. The van der Waals surface area contributed by atoms with Gasteiger partial charge in [0.25, 0.3) is 10.0 Å². The van der Waals surface area contributed by atoms with Crippen LogP contribution < -0.4 is 10.5 Å². The number of benzene rings is 2. The molecule has 4 nitrogen and oxygen atoms in total. The zero-order valence-electron chi connectivity index (χ0n) is 10.5. The van der Waals surface area contributed by atoms with Crippen molar-refractivity contribution >= 4 is 32.9 Å². The van der Waals surface area contributed by atoms with Gasteiger partial charge in [-0.1, -0.05) is 24.4 Å². The van der Waals surface area contributed by atoms with Crippen LogP contribution in [0, 0.1) is 11.6 Å². The van der Waals surface area contributed by atoms with E-state index in [4.69, 9.17) is 18.0 Å². The molecule has 0 amide bonds. The molecule has 0 saturated carbocycles. The molecule has 110 valence electrons. The van der Waals surface area contributed by atoms with Crippen molar-refractivity contribution in [3.8, 4) is 0 Å². The van der Waals surface area contributed by atoms with Gasteiger partial charge in [0.05, 0.1) is 5.69 Å². The van der Waals surface area contributed by atoms with Crippen LogP contribution in [0.25, 0.3) is 0 Å². The van der Waals surface area contributed by atoms with Crippen LogP contribution in [-0.2, 0) is 10.0 Å². The van der Waals surface area contributed by atoms with Crippen molar-refractivity contribution in [2.24, 2.45) is 5.73 Å². The van der Waals surface area contributed by atoms with E-state index in [0.29, 0.717) is 11.6 Å². The number of nitrogens with one attached hydrogen (secondary N) is 1. The lowest BCUT2D eigenvalue weighted by molar-refractivity contribution is 0.551. The third-order valence-corrected chi connectivity index (χ3v) is 4.24. The normalized spacial score (nSPS) is 11.1. The number of para-hydroxylation sites is 1. The summed E-state index contributed by atoms with van der Waals surface area (Å²) >= 11 is 4.82. The van der Waals surface area contributed by atoms with Crippen LogP contribution >= 0.6 is 12.2 Å². The quantitative estimate of drug-likeness (QED) is 0.846. The molecule has 2 aromatic rings. The minimum Gasteiger partial charge on any atom is -0.389 e. The number of thiocarbonyl (C=S) groups is 1. The largest absolute Gasteiger partial charge is 0.389 e. The summed E-state index contributed by atoms with van der Waals surface area (Å²) in [6.07, 6.45) is 0. The lowest BCUT2D eigenvalue weighted by atomic mass is 10.2. The summed E-state index contributed by atoms with van der Waals surface area (Å²) in [7, 11) is -4.22. The molecule has 0 aromatic heterocycles. The van der Waals surface area contributed by atoms with E-state index in [1.165, 1.54) is 12.1 Å². The molecular formula is C13H10F2N2O2S2. The van der Waals surface area contributed by atoms with Gasteiger partial charge in [-0.3, -0.25) is 4.72 Å². The average Bonchev–Trinajstić information content (AvgIpc) is 2.37. The maximum absolute atomic E-state index is 13.6. The minimum absolute atomic E-state index is 0.00659. The predicted molar refractivity (Wildman–Crippen MR) is 79.5 cm³/mol. The predicted octanol–water partition coefficient (Wildman–Crippen LogP) is 2.40. The van der Waals surface area contributed by atoms with Gasteiger partial charge in [0.2, 0.25) is 0 Å². The van der Waals surface area contributed by atoms with Gasteiger partial charge in [0.1, 0.15) is 21.5 Å². The van der Waals surface area contributed by atoms with Crippen LogP contribution in [0.1, 0.15) is 5.56 Å². The molecular weight excluding hydrogens is 318 g/mol. The Labute approximate surface area is 125 Å². The molecule has 0 atom stereocenters. The first-order valence-corrected chi connectivity index (χ1v) is 7.57. The second kappa shape index (κ2) is 5.74. The molecule has 0 aliphatic carbocycles. The Bertz CT molecular complexity index is 808. The number of nitrogens with two attached hydrogens (primary N) is 1. The highest BCUT2D eigenvalue weighted by Crippen LogP contribution is 2.22. The Kier molecular flexibility index (Phi) is 4.19. The summed E-state index contributed by atoms with van der Waals surface area (Å²) in [6.45, 7) is 0. The monoisotopic (exact) mass is 328 g/mol. The Balaban J connectivity index is 2.45. The van der Waals surface area contributed by atoms with E-state index in [-0.39, 0.29) is 10.7 Å². The highest BCUT2D eigenvalue weighted by atomic mass is 32.2. The zero-order valence-corrected chi connectivity index (χ0v) is 12.1. The number of anilines is 1. The van der Waals surface area contributed by atoms with E-state index >= 15 is 0 Å². The van der Waals surface area contributed by atoms with Gasteiger partial charge in [-0.05, 0) is 24.3 Å². The first kappa shape index (κ1) is 15.3. The van der Waals surface area contributed by atoms with E-state index in [9.17, 15) is 17.2 Å². The van der Waals surface area contributed by atoms with Crippen molar-refractivity contribution in [3.63, 3.8) is 0 Å². The van der Waals surface area contributed by atoms with Gasteiger partial charge in [-0.15, -0.1) is 0 Å². The van der Waals surface area contributed by atoms with Gasteiger partial charge < -0.3 is 5.73 Å². The van der Waals surface area contributed by atoms with Crippen LogP contribution in [-0.4, -0.2) is 13.4 Å². The Morgan fingerprint density at radius 2 is 1.81 bits per heavy atom. The second-order valence-electron chi connectivity index (χ2n) is 4.09. The molecule has 0 saturated heterocycles. The zero-order chi connectivity index (χ0) is 15.6. The number of halogens is 2. The van der Waals surface area contributed by atoms with Gasteiger partial charge in [-0.2, -0.15) is 0 Å². The molecule has 0 unspecified atom stereocenters. The molecule has 8 heteroatoms. The summed E-state index contributed by atoms with van der Waals surface area (Å²) < 4.78 is 52.9. The summed E-state index contributed by atoms with van der Waals surface area (Å²) in [5.41, 5.74) is 5.92. The standard InChI is InChI=1S/C13H10F2N2O2S2/c14-8-5-6-12(10(15)7-8)21(18,19)17-11-4-2-1-3-9(11)13(16)20/h1-7,17H,(H2,16,20). The lowest BCUT2D eigenvalue weighted by Gasteiger charge is -2.12. The van der Waals surface area contributed by atoms with E-state index < -0.39 is 26.6 Å². The Morgan fingerprint density at radius 3 is 2.43 bits per heavy atom. The highest BCUT2D eigenvalue weighted by Gasteiger charge is 2.21. The molecule has 21 heavy (non-hydrogen) atoms. The molecule has 2 aromatic carbocycles. The van der Waals surface area contributed by atoms with Crippen molar-refractivity contribution in [2.75, 3.05) is 4.72 Å². The van der Waals surface area contributed by atoms with Gasteiger partial charge >= 0.3 is 0 Å². The van der Waals surface area contributed by atoms with Gasteiger partial charge in [0.15, 0.2) is 0 Å². The maximum Gasteiger partial charge on any atom is 0.264 e. The van der Waals surface area contributed by atoms with E-state index in [2.05, 4.69) is 4.72 Å². The molecule has 0 aliphatic rings. The molecule has 3 N–H and O–H groups in total. The minimum atomic E-state index is -4.22. The summed E-state index contributed by atoms with van der Waals surface area (Å²) in [5.74, 6) is -2.05.